The minimum Gasteiger partial charge on any atom is -0.511 e. The van der Waals surface area contributed by atoms with Gasteiger partial charge < -0.3 is 9.84 Å². The molecule has 3 aromatic carbocycles. The molecule has 170 valence electrons. The van der Waals surface area contributed by atoms with Crippen LogP contribution in [-0.2, 0) is 11.0 Å². The molecule has 0 spiro atoms. The maximum Gasteiger partial charge on any atom is 0.416 e. The number of ketones is 1. The Morgan fingerprint density at radius 2 is 1.82 bits per heavy atom. The summed E-state index contributed by atoms with van der Waals surface area (Å²) in [4.78, 5) is 16.6. The summed E-state index contributed by atoms with van der Waals surface area (Å²) < 4.78 is 46.0. The number of carbonyl (C=O) groups is 1. The van der Waals surface area contributed by atoms with E-state index >= 15 is 0 Å². The van der Waals surface area contributed by atoms with Gasteiger partial charge in [0.1, 0.15) is 17.2 Å². The highest BCUT2D eigenvalue weighted by Crippen LogP contribution is 2.40. The molecule has 1 N–H and O–H groups in total. The van der Waals surface area contributed by atoms with Gasteiger partial charge in [0.2, 0.25) is 0 Å². The Kier molecular flexibility index (Phi) is 6.22. The van der Waals surface area contributed by atoms with Crippen molar-refractivity contribution in [3.8, 4) is 11.5 Å². The van der Waals surface area contributed by atoms with Gasteiger partial charge in [-0.2, -0.15) is 13.2 Å². The molecule has 7 heteroatoms. The zero-order chi connectivity index (χ0) is 23.6. The average molecular weight is 453 g/mol. The lowest BCUT2D eigenvalue weighted by Gasteiger charge is -2.20. The first-order valence-corrected chi connectivity index (χ1v) is 10.6. The summed E-state index contributed by atoms with van der Waals surface area (Å²) in [6.07, 6.45) is -2.08. The lowest BCUT2D eigenvalue weighted by atomic mass is 9.86. The second-order valence-electron chi connectivity index (χ2n) is 7.98. The van der Waals surface area contributed by atoms with Crippen molar-refractivity contribution in [2.24, 2.45) is 10.9 Å². The van der Waals surface area contributed by atoms with Crippen molar-refractivity contribution in [3.63, 3.8) is 0 Å². The van der Waals surface area contributed by atoms with E-state index in [2.05, 4.69) is 4.99 Å². The van der Waals surface area contributed by atoms with Crippen LogP contribution >= 0.6 is 0 Å². The number of aliphatic hydroxyl groups excluding tert-OH is 1. The van der Waals surface area contributed by atoms with Gasteiger partial charge in [-0.05, 0) is 35.6 Å². The van der Waals surface area contributed by atoms with Crippen molar-refractivity contribution in [2.75, 3.05) is 0 Å². The lowest BCUT2D eigenvalue weighted by Crippen LogP contribution is -2.19. The fraction of sp³-hybridized carbons (Fsp3) is 0.231. The molecule has 0 amide bonds. The van der Waals surface area contributed by atoms with Gasteiger partial charge in [0.15, 0.2) is 11.5 Å². The van der Waals surface area contributed by atoms with Crippen LogP contribution in [0.25, 0.3) is 10.8 Å². The topological polar surface area (TPSA) is 58.9 Å². The number of nitrogens with zero attached hydrogens (tertiary/aromatic N) is 1. The molecule has 0 aromatic heterocycles. The van der Waals surface area contributed by atoms with E-state index < -0.39 is 11.7 Å². The van der Waals surface area contributed by atoms with Gasteiger partial charge in [-0.15, -0.1) is 0 Å². The predicted octanol–water partition coefficient (Wildman–Crippen LogP) is 7.55. The number of benzene rings is 3. The predicted molar refractivity (Wildman–Crippen MR) is 121 cm³/mol. The third kappa shape index (κ3) is 4.92. The van der Waals surface area contributed by atoms with Gasteiger partial charge in [0.05, 0.1) is 11.1 Å². The first-order valence-electron chi connectivity index (χ1n) is 10.6. The summed E-state index contributed by atoms with van der Waals surface area (Å²) in [6, 6.07) is 15.9. The van der Waals surface area contributed by atoms with Crippen LogP contribution in [0.4, 0.5) is 18.9 Å². The summed E-state index contributed by atoms with van der Waals surface area (Å²) in [7, 11) is 0. The van der Waals surface area contributed by atoms with Crippen molar-refractivity contribution in [1.82, 2.24) is 0 Å². The molecular weight excluding hydrogens is 431 g/mol. The number of fused-ring (bicyclic) bond motifs is 1. The molecule has 1 unspecified atom stereocenters. The monoisotopic (exact) mass is 453 g/mol. The quantitative estimate of drug-likeness (QED) is 0.406. The van der Waals surface area contributed by atoms with Crippen molar-refractivity contribution in [2.45, 2.75) is 32.4 Å². The smallest absolute Gasteiger partial charge is 0.416 e. The van der Waals surface area contributed by atoms with E-state index in [4.69, 9.17) is 4.74 Å². The number of hydrogen-bond acceptors (Lipinski definition) is 4. The van der Waals surface area contributed by atoms with Crippen LogP contribution in [0.2, 0.25) is 0 Å². The number of aliphatic hydroxyl groups is 1. The van der Waals surface area contributed by atoms with Crippen LogP contribution in [-0.4, -0.2) is 17.1 Å². The van der Waals surface area contributed by atoms with E-state index in [-0.39, 0.29) is 40.9 Å². The second-order valence-corrected chi connectivity index (χ2v) is 7.98. The second kappa shape index (κ2) is 9.10. The van der Waals surface area contributed by atoms with Crippen molar-refractivity contribution in [1.29, 1.82) is 0 Å². The third-order valence-electron chi connectivity index (χ3n) is 5.73. The molecule has 1 aliphatic rings. The van der Waals surface area contributed by atoms with E-state index in [1.807, 2.05) is 37.3 Å². The van der Waals surface area contributed by atoms with Crippen LogP contribution in [0.15, 0.2) is 77.0 Å². The number of rotatable bonds is 5. The molecule has 3 aromatic rings. The highest BCUT2D eigenvalue weighted by Gasteiger charge is 2.31. The highest BCUT2D eigenvalue weighted by atomic mass is 19.4. The minimum absolute atomic E-state index is 0.0215. The summed E-state index contributed by atoms with van der Waals surface area (Å²) in [6.45, 7) is 1.93. The Labute approximate surface area is 189 Å². The molecule has 0 aliphatic heterocycles. The number of allylic oxidation sites excluding steroid dienone is 2. The number of halogens is 3. The summed E-state index contributed by atoms with van der Waals surface area (Å²) >= 11 is 0. The third-order valence-corrected chi connectivity index (χ3v) is 5.73. The summed E-state index contributed by atoms with van der Waals surface area (Å²) in [5.74, 6) is 0.243. The normalized spacial score (nSPS) is 17.2. The van der Waals surface area contributed by atoms with E-state index in [0.717, 1.165) is 35.5 Å². The molecule has 0 saturated heterocycles. The number of Topliss-reactive ketones (excluding diaryl/α,β-unsaturated/α-hetero) is 1. The maximum atomic E-state index is 13.3. The van der Waals surface area contributed by atoms with Crippen LogP contribution in [0.5, 0.6) is 11.5 Å². The first-order chi connectivity index (χ1) is 15.8. The standard InChI is InChI=1S/C26H22F3NO3/c1-2-16-12-22(31)20(23(32)13-16)15-30-21-14-18(26(27,28)29)10-11-25(21)33-24-9-5-7-17-6-3-4-8-19(17)24/h3-11,14-16,31H,2,12-13H2,1H3. The maximum absolute atomic E-state index is 13.3. The van der Waals surface area contributed by atoms with Gasteiger partial charge in [-0.1, -0.05) is 49.7 Å². The lowest BCUT2D eigenvalue weighted by molar-refractivity contribution is -0.137. The largest absolute Gasteiger partial charge is 0.511 e. The molecule has 0 saturated carbocycles. The molecule has 4 nitrogen and oxygen atoms in total. The zero-order valence-corrected chi connectivity index (χ0v) is 17.9. The van der Waals surface area contributed by atoms with Crippen LogP contribution in [0.1, 0.15) is 31.7 Å². The summed E-state index contributed by atoms with van der Waals surface area (Å²) in [5, 5.41) is 12.0. The Morgan fingerprint density at radius 1 is 1.06 bits per heavy atom. The molecule has 0 fully saturated rings. The molecule has 1 aliphatic carbocycles. The number of alkyl halides is 3. The average Bonchev–Trinajstić information content (AvgIpc) is 2.78. The fourth-order valence-corrected chi connectivity index (χ4v) is 3.84. The molecule has 33 heavy (non-hydrogen) atoms. The molecule has 0 radical (unpaired) electrons. The van der Waals surface area contributed by atoms with Gasteiger partial charge in [0, 0.05) is 24.4 Å². The molecule has 1 atom stereocenters. The van der Waals surface area contributed by atoms with Crippen LogP contribution in [0, 0.1) is 5.92 Å². The Bertz CT molecular complexity index is 1260. The van der Waals surface area contributed by atoms with Gasteiger partial charge in [-0.3, -0.25) is 9.79 Å². The highest BCUT2D eigenvalue weighted by molar-refractivity contribution is 6.14. The van der Waals surface area contributed by atoms with Gasteiger partial charge in [-0.25, -0.2) is 0 Å². The molecular formula is C26H22F3NO3. The van der Waals surface area contributed by atoms with E-state index in [9.17, 15) is 23.1 Å². The summed E-state index contributed by atoms with van der Waals surface area (Å²) in [5.41, 5.74) is -0.962. The fourth-order valence-electron chi connectivity index (χ4n) is 3.84. The van der Waals surface area contributed by atoms with Crippen molar-refractivity contribution < 1.29 is 27.8 Å². The Hall–Kier alpha value is -3.61. The van der Waals surface area contributed by atoms with Crippen LogP contribution in [0.3, 0.4) is 0 Å². The zero-order valence-electron chi connectivity index (χ0n) is 17.9. The Morgan fingerprint density at radius 3 is 2.55 bits per heavy atom. The number of aliphatic imine (C=N–C) groups is 1. The number of carbonyl (C=O) groups excluding carboxylic acids is 1. The van der Waals surface area contributed by atoms with Crippen molar-refractivity contribution >= 4 is 28.5 Å². The SMILES string of the molecule is CCC1CC(=O)C(C=Nc2cc(C(F)(F)F)ccc2Oc2cccc3ccccc23)=C(O)C1. The molecule has 0 bridgehead atoms. The number of hydrogen-bond donors (Lipinski definition) is 1. The molecule has 4 rings (SSSR count). The first kappa shape index (κ1) is 22.6. The molecule has 0 heterocycles. The minimum atomic E-state index is -4.57. The van der Waals surface area contributed by atoms with E-state index in [1.165, 1.54) is 6.07 Å². The van der Waals surface area contributed by atoms with Gasteiger partial charge >= 0.3 is 6.18 Å². The van der Waals surface area contributed by atoms with Gasteiger partial charge in [0.25, 0.3) is 0 Å². The van der Waals surface area contributed by atoms with E-state index in [1.54, 1.807) is 12.1 Å². The van der Waals surface area contributed by atoms with Crippen molar-refractivity contribution in [3.05, 3.63) is 77.6 Å². The van der Waals surface area contributed by atoms with E-state index in [0.29, 0.717) is 12.2 Å². The van der Waals surface area contributed by atoms with Crippen LogP contribution < -0.4 is 4.74 Å². The Balaban J connectivity index is 1.74. The number of ether oxygens (including phenoxy) is 1.